The lowest BCUT2D eigenvalue weighted by atomic mass is 9.89. The number of aromatic nitrogens is 1. The zero-order valence-electron chi connectivity index (χ0n) is 18.1. The van der Waals surface area contributed by atoms with Gasteiger partial charge < -0.3 is 5.32 Å². The van der Waals surface area contributed by atoms with E-state index in [2.05, 4.69) is 53.7 Å². The summed E-state index contributed by atoms with van der Waals surface area (Å²) >= 11 is 3.41. The molecule has 2 aliphatic rings. The predicted octanol–water partition coefficient (Wildman–Crippen LogP) is 3.68. The highest BCUT2D eigenvalue weighted by molar-refractivity contribution is 9.09. The number of nitrogens with zero attached hydrogens (tertiary/aromatic N) is 4. The Bertz CT molecular complexity index is 904. The van der Waals surface area contributed by atoms with Crippen LogP contribution in [0.4, 0.5) is 4.39 Å². The number of benzene rings is 1. The van der Waals surface area contributed by atoms with Crippen LogP contribution in [-0.2, 0) is 13.1 Å². The number of nitrogens with one attached hydrogen (secondary N) is 2. The van der Waals surface area contributed by atoms with Crippen molar-refractivity contribution >= 4 is 22.1 Å². The second kappa shape index (κ2) is 11.5. The first-order valence-electron chi connectivity index (χ1n) is 11.1. The molecule has 32 heavy (non-hydrogen) atoms. The molecule has 8 heteroatoms. The summed E-state index contributed by atoms with van der Waals surface area (Å²) in [4.78, 5) is 6.69. The van der Waals surface area contributed by atoms with Crippen LogP contribution in [0.5, 0.6) is 0 Å². The molecule has 0 aliphatic carbocycles. The summed E-state index contributed by atoms with van der Waals surface area (Å²) in [6.45, 7) is 4.33. The van der Waals surface area contributed by atoms with E-state index in [-0.39, 0.29) is 11.9 Å². The Hall–Kier alpha value is -2.29. The van der Waals surface area contributed by atoms with Crippen molar-refractivity contribution in [1.82, 2.24) is 25.5 Å². The van der Waals surface area contributed by atoms with Gasteiger partial charge in [0.2, 0.25) is 0 Å². The third-order valence-electron chi connectivity index (χ3n) is 5.95. The molecule has 2 N–H and O–H groups in total. The fraction of sp³-hybridized carbons (Fsp3) is 0.417. The molecule has 2 aromatic rings. The van der Waals surface area contributed by atoms with E-state index in [0.29, 0.717) is 24.5 Å². The number of rotatable bonds is 8. The smallest absolute Gasteiger partial charge is 0.123 e. The number of halogens is 2. The normalized spacial score (nSPS) is 22.2. The molecule has 0 saturated carbocycles. The second-order valence-corrected chi connectivity index (χ2v) is 8.92. The number of hydrazone groups is 1. The Morgan fingerprint density at radius 1 is 1.25 bits per heavy atom. The highest BCUT2D eigenvalue weighted by Gasteiger charge is 2.29. The third-order valence-corrected chi connectivity index (χ3v) is 6.24. The molecule has 1 aromatic heterocycles. The standard InChI is InChI=1S/C24H30BrFN6/c25-9-11-30-32-18-29-23(13-24(32)28-15-20-3-1-10-27-14-20)21-4-2-12-31(17-21)16-19-5-7-22(26)8-6-19/h1,3,5-8,10-11,13-14,21,23,28-29H,2,4,9,12,15-18H2/b30-11-. The number of likely N-dealkylation sites (tertiary alicyclic amines) is 1. The van der Waals surface area contributed by atoms with Crippen LogP contribution in [0.2, 0.25) is 0 Å². The Morgan fingerprint density at radius 3 is 2.91 bits per heavy atom. The first kappa shape index (κ1) is 22.9. The predicted molar refractivity (Wildman–Crippen MR) is 129 cm³/mol. The van der Waals surface area contributed by atoms with E-state index in [4.69, 9.17) is 0 Å². The van der Waals surface area contributed by atoms with Gasteiger partial charge in [-0.1, -0.05) is 34.1 Å². The number of alkyl halides is 1. The molecule has 0 radical (unpaired) electrons. The average molecular weight is 501 g/mol. The highest BCUT2D eigenvalue weighted by atomic mass is 79.9. The van der Waals surface area contributed by atoms with Gasteiger partial charge in [-0.05, 0) is 60.7 Å². The van der Waals surface area contributed by atoms with Gasteiger partial charge in [0.25, 0.3) is 0 Å². The molecular formula is C24H30BrFN6. The Balaban J connectivity index is 1.42. The van der Waals surface area contributed by atoms with E-state index < -0.39 is 0 Å². The maximum absolute atomic E-state index is 13.2. The van der Waals surface area contributed by atoms with Gasteiger partial charge in [0.1, 0.15) is 11.6 Å². The van der Waals surface area contributed by atoms with Crippen LogP contribution in [0.25, 0.3) is 0 Å². The first-order valence-corrected chi connectivity index (χ1v) is 12.2. The maximum Gasteiger partial charge on any atom is 0.123 e. The lowest BCUT2D eigenvalue weighted by molar-refractivity contribution is 0.137. The van der Waals surface area contributed by atoms with Crippen molar-refractivity contribution in [3.05, 3.63) is 77.6 Å². The van der Waals surface area contributed by atoms with Gasteiger partial charge in [0, 0.05) is 49.6 Å². The lowest BCUT2D eigenvalue weighted by Crippen LogP contribution is -2.51. The highest BCUT2D eigenvalue weighted by Crippen LogP contribution is 2.25. The van der Waals surface area contributed by atoms with Crippen molar-refractivity contribution < 1.29 is 4.39 Å². The molecule has 3 heterocycles. The van der Waals surface area contributed by atoms with Crippen molar-refractivity contribution in [2.45, 2.75) is 32.0 Å². The number of pyridine rings is 1. The van der Waals surface area contributed by atoms with Crippen molar-refractivity contribution in [1.29, 1.82) is 0 Å². The molecule has 1 fully saturated rings. The minimum absolute atomic E-state index is 0.180. The zero-order chi connectivity index (χ0) is 22.2. The molecule has 6 nitrogen and oxygen atoms in total. The van der Waals surface area contributed by atoms with Crippen molar-refractivity contribution in [3.8, 4) is 0 Å². The molecule has 170 valence electrons. The van der Waals surface area contributed by atoms with E-state index >= 15 is 0 Å². The quantitative estimate of drug-likeness (QED) is 0.427. The summed E-state index contributed by atoms with van der Waals surface area (Å²) in [7, 11) is 0. The van der Waals surface area contributed by atoms with Crippen LogP contribution in [0.3, 0.4) is 0 Å². The topological polar surface area (TPSA) is 55.8 Å². The summed E-state index contributed by atoms with van der Waals surface area (Å²) in [6.07, 6.45) is 10.2. The number of hydrogen-bond acceptors (Lipinski definition) is 6. The molecule has 2 aliphatic heterocycles. The minimum atomic E-state index is -0.180. The molecule has 2 unspecified atom stereocenters. The van der Waals surface area contributed by atoms with Gasteiger partial charge in [0.05, 0.1) is 6.67 Å². The third kappa shape index (κ3) is 6.37. The monoisotopic (exact) mass is 500 g/mol. The average Bonchev–Trinajstić information content (AvgIpc) is 2.84. The van der Waals surface area contributed by atoms with Crippen molar-refractivity contribution in [2.75, 3.05) is 25.1 Å². The van der Waals surface area contributed by atoms with E-state index in [1.54, 1.807) is 18.3 Å². The zero-order valence-corrected chi connectivity index (χ0v) is 19.7. The largest absolute Gasteiger partial charge is 0.366 e. The number of hydrogen-bond donors (Lipinski definition) is 2. The number of piperidine rings is 1. The summed E-state index contributed by atoms with van der Waals surface area (Å²) in [6, 6.07) is 11.2. The molecule has 0 spiro atoms. The molecule has 2 atom stereocenters. The van der Waals surface area contributed by atoms with Crippen LogP contribution in [-0.4, -0.2) is 52.2 Å². The van der Waals surface area contributed by atoms with Gasteiger partial charge in [0.15, 0.2) is 0 Å². The van der Waals surface area contributed by atoms with Crippen LogP contribution in [0.15, 0.2) is 65.8 Å². The Kier molecular flexibility index (Phi) is 8.25. The van der Waals surface area contributed by atoms with Crippen molar-refractivity contribution in [3.63, 3.8) is 0 Å². The van der Waals surface area contributed by atoms with Gasteiger partial charge in [-0.2, -0.15) is 5.10 Å². The van der Waals surface area contributed by atoms with E-state index in [1.165, 1.54) is 12.8 Å². The van der Waals surface area contributed by atoms with Crippen LogP contribution < -0.4 is 10.6 Å². The summed E-state index contributed by atoms with van der Waals surface area (Å²) in [5.74, 6) is 1.35. The summed E-state index contributed by atoms with van der Waals surface area (Å²) in [5.41, 5.74) is 2.30. The Morgan fingerprint density at radius 2 is 2.12 bits per heavy atom. The first-order chi connectivity index (χ1) is 15.7. The summed E-state index contributed by atoms with van der Waals surface area (Å²) in [5, 5.41) is 14.5. The van der Waals surface area contributed by atoms with Gasteiger partial charge in [-0.15, -0.1) is 0 Å². The molecule has 0 bridgehead atoms. The van der Waals surface area contributed by atoms with E-state index in [9.17, 15) is 4.39 Å². The maximum atomic E-state index is 13.2. The van der Waals surface area contributed by atoms with Gasteiger partial charge in [-0.25, -0.2) is 9.40 Å². The summed E-state index contributed by atoms with van der Waals surface area (Å²) < 4.78 is 13.2. The molecule has 4 rings (SSSR count). The molecule has 1 saturated heterocycles. The van der Waals surface area contributed by atoms with Gasteiger partial charge in [-0.3, -0.25) is 15.2 Å². The SMILES string of the molecule is Fc1ccc(CN2CCCC(C3C=C(NCc4cccnc4)N(/N=C\CBr)CN3)C2)cc1. The Labute approximate surface area is 197 Å². The van der Waals surface area contributed by atoms with Crippen LogP contribution in [0, 0.1) is 11.7 Å². The lowest BCUT2D eigenvalue weighted by Gasteiger charge is -2.40. The molecule has 0 amide bonds. The van der Waals surface area contributed by atoms with Crippen LogP contribution >= 0.6 is 15.9 Å². The van der Waals surface area contributed by atoms with Gasteiger partial charge >= 0.3 is 0 Å². The van der Waals surface area contributed by atoms with E-state index in [0.717, 1.165) is 36.6 Å². The fourth-order valence-corrected chi connectivity index (χ4v) is 4.48. The fourth-order valence-electron chi connectivity index (χ4n) is 4.35. The second-order valence-electron chi connectivity index (χ2n) is 8.27. The van der Waals surface area contributed by atoms with Crippen LogP contribution in [0.1, 0.15) is 24.0 Å². The minimum Gasteiger partial charge on any atom is -0.366 e. The molecular weight excluding hydrogens is 471 g/mol. The van der Waals surface area contributed by atoms with E-state index in [1.807, 2.05) is 35.6 Å². The van der Waals surface area contributed by atoms with Crippen molar-refractivity contribution in [2.24, 2.45) is 11.0 Å². The molecule has 1 aromatic carbocycles.